The van der Waals surface area contributed by atoms with Gasteiger partial charge in [-0.3, -0.25) is 4.79 Å². The predicted octanol–water partition coefficient (Wildman–Crippen LogP) is 4.52. The molecule has 1 N–H and O–H groups in total. The van der Waals surface area contributed by atoms with Gasteiger partial charge in [0, 0.05) is 22.0 Å². The van der Waals surface area contributed by atoms with Gasteiger partial charge in [0.05, 0.1) is 5.56 Å². The van der Waals surface area contributed by atoms with E-state index < -0.39 is 6.36 Å². The van der Waals surface area contributed by atoms with E-state index in [-0.39, 0.29) is 17.3 Å². The number of hydrogen-bond acceptors (Lipinski definition) is 3. The fraction of sp³-hybridized carbons (Fsp3) is 0.214. The van der Waals surface area contributed by atoms with Crippen molar-refractivity contribution in [3.05, 3.63) is 45.6 Å². The molecule has 0 unspecified atom stereocenters. The van der Waals surface area contributed by atoms with Crippen molar-refractivity contribution < 1.29 is 22.7 Å². The normalized spacial score (nSPS) is 11.3. The molecule has 0 atom stereocenters. The molecule has 21 heavy (non-hydrogen) atoms. The first kappa shape index (κ1) is 15.4. The third-order valence-electron chi connectivity index (χ3n) is 2.86. The lowest BCUT2D eigenvalue weighted by Crippen LogP contribution is -2.17. The number of halogens is 3. The molecule has 0 radical (unpaired) electrons. The van der Waals surface area contributed by atoms with Gasteiger partial charge in [-0.25, -0.2) is 0 Å². The third kappa shape index (κ3) is 3.98. The van der Waals surface area contributed by atoms with Gasteiger partial charge >= 0.3 is 6.36 Å². The number of hydrogen-bond donors (Lipinski definition) is 1. The number of nitrogens with one attached hydrogen (secondary N) is 1. The molecule has 0 fully saturated rings. The molecule has 1 heterocycles. The number of anilines is 1. The summed E-state index contributed by atoms with van der Waals surface area (Å²) in [4.78, 5) is 13.1. The molecule has 7 heteroatoms. The van der Waals surface area contributed by atoms with Gasteiger partial charge in [-0.05, 0) is 31.5 Å². The van der Waals surface area contributed by atoms with E-state index in [1.54, 1.807) is 5.38 Å². The van der Waals surface area contributed by atoms with E-state index in [1.165, 1.54) is 29.5 Å². The molecule has 0 aliphatic carbocycles. The monoisotopic (exact) mass is 315 g/mol. The standard InChI is InChI=1S/C14H12F3NO2S/c1-8-9(2)21-7-12(8)13(19)18-10-4-3-5-11(6-10)20-14(15,16)17/h3-7H,1-2H3,(H,18,19). The van der Waals surface area contributed by atoms with Gasteiger partial charge < -0.3 is 10.1 Å². The first-order valence-corrected chi connectivity index (χ1v) is 6.86. The van der Waals surface area contributed by atoms with Crippen molar-refractivity contribution in [3.8, 4) is 5.75 Å². The molecule has 1 amide bonds. The Kier molecular flexibility index (Phi) is 4.22. The molecule has 0 spiro atoms. The number of thiophene rings is 1. The first-order valence-electron chi connectivity index (χ1n) is 5.98. The van der Waals surface area contributed by atoms with E-state index in [1.807, 2.05) is 13.8 Å². The van der Waals surface area contributed by atoms with Crippen LogP contribution in [0.1, 0.15) is 20.8 Å². The van der Waals surface area contributed by atoms with E-state index in [0.717, 1.165) is 16.5 Å². The van der Waals surface area contributed by atoms with E-state index in [2.05, 4.69) is 10.1 Å². The lowest BCUT2D eigenvalue weighted by Gasteiger charge is -2.10. The molecule has 2 rings (SSSR count). The highest BCUT2D eigenvalue weighted by Gasteiger charge is 2.31. The van der Waals surface area contributed by atoms with Crippen LogP contribution in [-0.4, -0.2) is 12.3 Å². The van der Waals surface area contributed by atoms with E-state index >= 15 is 0 Å². The second-order valence-electron chi connectivity index (χ2n) is 4.36. The molecule has 1 aromatic carbocycles. The Morgan fingerprint density at radius 3 is 2.57 bits per heavy atom. The molecule has 0 aliphatic rings. The highest BCUT2D eigenvalue weighted by atomic mass is 32.1. The van der Waals surface area contributed by atoms with Crippen LogP contribution in [0.5, 0.6) is 5.75 Å². The van der Waals surface area contributed by atoms with Crippen molar-refractivity contribution in [1.82, 2.24) is 0 Å². The summed E-state index contributed by atoms with van der Waals surface area (Å²) >= 11 is 1.45. The number of benzene rings is 1. The Bertz CT molecular complexity index is 664. The summed E-state index contributed by atoms with van der Waals surface area (Å²) in [6.45, 7) is 3.72. The van der Waals surface area contributed by atoms with Crippen LogP contribution in [0.25, 0.3) is 0 Å². The van der Waals surface area contributed by atoms with Crippen LogP contribution in [-0.2, 0) is 0 Å². The van der Waals surface area contributed by atoms with Gasteiger partial charge in [0.15, 0.2) is 0 Å². The minimum Gasteiger partial charge on any atom is -0.406 e. The predicted molar refractivity (Wildman–Crippen MR) is 74.9 cm³/mol. The molecule has 0 bridgehead atoms. The highest BCUT2D eigenvalue weighted by Crippen LogP contribution is 2.26. The summed E-state index contributed by atoms with van der Waals surface area (Å²) in [5.74, 6) is -0.737. The van der Waals surface area contributed by atoms with Gasteiger partial charge in [0.25, 0.3) is 5.91 Å². The minimum absolute atomic E-state index is 0.241. The fourth-order valence-electron chi connectivity index (χ4n) is 1.71. The first-order chi connectivity index (χ1) is 9.76. The lowest BCUT2D eigenvalue weighted by molar-refractivity contribution is -0.274. The number of alkyl halides is 3. The van der Waals surface area contributed by atoms with Crippen molar-refractivity contribution in [2.45, 2.75) is 20.2 Å². The topological polar surface area (TPSA) is 38.3 Å². The van der Waals surface area contributed by atoms with Gasteiger partial charge in [-0.1, -0.05) is 6.07 Å². The number of ether oxygens (including phenoxy) is 1. The van der Waals surface area contributed by atoms with Crippen LogP contribution in [0, 0.1) is 13.8 Å². The summed E-state index contributed by atoms with van der Waals surface area (Å²) < 4.78 is 40.3. The Morgan fingerprint density at radius 1 is 1.29 bits per heavy atom. The Hall–Kier alpha value is -2.02. The molecule has 0 saturated heterocycles. The summed E-state index contributed by atoms with van der Waals surface area (Å²) in [6, 6.07) is 5.17. The Balaban J connectivity index is 2.15. The minimum atomic E-state index is -4.76. The third-order valence-corrected chi connectivity index (χ3v) is 3.87. The zero-order chi connectivity index (χ0) is 15.6. The second-order valence-corrected chi connectivity index (χ2v) is 5.44. The SMILES string of the molecule is Cc1scc(C(=O)Nc2cccc(OC(F)(F)F)c2)c1C. The van der Waals surface area contributed by atoms with Crippen LogP contribution in [0.3, 0.4) is 0 Å². The maximum Gasteiger partial charge on any atom is 0.573 e. The van der Waals surface area contributed by atoms with Crippen molar-refractivity contribution in [2.24, 2.45) is 0 Å². The number of aryl methyl sites for hydroxylation is 1. The Morgan fingerprint density at radius 2 is 2.00 bits per heavy atom. The van der Waals surface area contributed by atoms with Crippen molar-refractivity contribution >= 4 is 22.9 Å². The maximum absolute atomic E-state index is 12.1. The van der Waals surface area contributed by atoms with Crippen molar-refractivity contribution in [2.75, 3.05) is 5.32 Å². The average Bonchev–Trinajstić information content (AvgIpc) is 2.68. The van der Waals surface area contributed by atoms with Gasteiger partial charge in [0.1, 0.15) is 5.75 Å². The average molecular weight is 315 g/mol. The van der Waals surface area contributed by atoms with Crippen LogP contribution < -0.4 is 10.1 Å². The molecule has 0 saturated carbocycles. The lowest BCUT2D eigenvalue weighted by atomic mass is 10.1. The molecule has 3 nitrogen and oxygen atoms in total. The molecule has 1 aromatic heterocycles. The highest BCUT2D eigenvalue weighted by molar-refractivity contribution is 7.10. The summed E-state index contributed by atoms with van der Waals surface area (Å²) in [5.41, 5.74) is 1.62. The van der Waals surface area contributed by atoms with Gasteiger partial charge in [0.2, 0.25) is 0 Å². The Labute approximate surface area is 123 Å². The smallest absolute Gasteiger partial charge is 0.406 e. The number of amides is 1. The van der Waals surface area contributed by atoms with Gasteiger partial charge in [-0.15, -0.1) is 24.5 Å². The van der Waals surface area contributed by atoms with E-state index in [9.17, 15) is 18.0 Å². The number of carbonyl (C=O) groups is 1. The fourth-order valence-corrected chi connectivity index (χ4v) is 2.57. The van der Waals surface area contributed by atoms with Crippen LogP contribution in [0.4, 0.5) is 18.9 Å². The molecule has 112 valence electrons. The van der Waals surface area contributed by atoms with Crippen molar-refractivity contribution in [1.29, 1.82) is 0 Å². The van der Waals surface area contributed by atoms with E-state index in [4.69, 9.17) is 0 Å². The number of rotatable bonds is 3. The summed E-state index contributed by atoms with van der Waals surface area (Å²) in [6.07, 6.45) is -4.76. The van der Waals surface area contributed by atoms with Crippen LogP contribution in [0.15, 0.2) is 29.6 Å². The molecular formula is C14H12F3NO2S. The zero-order valence-electron chi connectivity index (χ0n) is 11.2. The summed E-state index contributed by atoms with van der Waals surface area (Å²) in [5, 5.41) is 4.28. The molecule has 2 aromatic rings. The van der Waals surface area contributed by atoms with Crippen LogP contribution >= 0.6 is 11.3 Å². The molecule has 0 aliphatic heterocycles. The zero-order valence-corrected chi connectivity index (χ0v) is 12.1. The molecular weight excluding hydrogens is 303 g/mol. The van der Waals surface area contributed by atoms with Crippen molar-refractivity contribution in [3.63, 3.8) is 0 Å². The summed E-state index contributed by atoms with van der Waals surface area (Å²) in [7, 11) is 0. The number of carbonyl (C=O) groups excluding carboxylic acids is 1. The quantitative estimate of drug-likeness (QED) is 0.904. The maximum atomic E-state index is 12.1. The van der Waals surface area contributed by atoms with Crippen LogP contribution in [0.2, 0.25) is 0 Å². The second kappa shape index (κ2) is 5.77. The largest absolute Gasteiger partial charge is 0.573 e. The van der Waals surface area contributed by atoms with E-state index in [0.29, 0.717) is 5.56 Å². The van der Waals surface area contributed by atoms with Gasteiger partial charge in [-0.2, -0.15) is 0 Å².